The van der Waals surface area contributed by atoms with Crippen molar-refractivity contribution in [2.45, 2.75) is 18.6 Å². The number of carbonyl (C=O) groups is 1. The molecule has 144 valence electrons. The standard InChI is InChI=1S/C21H20N2O5/c24-20(25)15-3-1-2-14(12-15)19-22-17-5-4-16(13-18(17)28-19)23-8-6-21(7-9-23)26-10-11-27-21/h1-5,12-13H,6-11H2,(H,24,25). The van der Waals surface area contributed by atoms with Gasteiger partial charge in [0, 0.05) is 43.2 Å². The molecule has 7 nitrogen and oxygen atoms in total. The monoisotopic (exact) mass is 380 g/mol. The fourth-order valence-electron chi connectivity index (χ4n) is 3.91. The second kappa shape index (κ2) is 6.61. The third kappa shape index (κ3) is 3.02. The third-order valence-corrected chi connectivity index (χ3v) is 5.43. The summed E-state index contributed by atoms with van der Waals surface area (Å²) < 4.78 is 17.5. The molecule has 0 saturated carbocycles. The first-order valence-electron chi connectivity index (χ1n) is 9.39. The Morgan fingerprint density at radius 3 is 2.61 bits per heavy atom. The quantitative estimate of drug-likeness (QED) is 0.744. The van der Waals surface area contributed by atoms with Gasteiger partial charge in [0.2, 0.25) is 5.89 Å². The normalized spacial score (nSPS) is 18.8. The zero-order chi connectivity index (χ0) is 19.1. The molecule has 2 aliphatic heterocycles. The maximum absolute atomic E-state index is 11.2. The molecular weight excluding hydrogens is 360 g/mol. The molecule has 0 unspecified atom stereocenters. The number of hydrogen-bond acceptors (Lipinski definition) is 6. The first-order chi connectivity index (χ1) is 13.6. The zero-order valence-electron chi connectivity index (χ0n) is 15.3. The Morgan fingerprint density at radius 2 is 1.86 bits per heavy atom. The van der Waals surface area contributed by atoms with Crippen molar-refractivity contribution < 1.29 is 23.8 Å². The number of oxazole rings is 1. The average molecular weight is 380 g/mol. The Kier molecular flexibility index (Phi) is 4.07. The van der Waals surface area contributed by atoms with E-state index in [0.717, 1.165) is 37.1 Å². The molecule has 7 heteroatoms. The molecular formula is C21H20N2O5. The van der Waals surface area contributed by atoms with Crippen LogP contribution in [-0.4, -0.2) is 48.2 Å². The molecule has 2 saturated heterocycles. The number of hydrogen-bond donors (Lipinski definition) is 1. The van der Waals surface area contributed by atoms with Gasteiger partial charge in [-0.3, -0.25) is 0 Å². The molecule has 28 heavy (non-hydrogen) atoms. The van der Waals surface area contributed by atoms with Gasteiger partial charge in [-0.15, -0.1) is 0 Å². The molecule has 1 aromatic heterocycles. The molecule has 1 N–H and O–H groups in total. The number of carboxylic acids is 1. The summed E-state index contributed by atoms with van der Waals surface area (Å²) in [5, 5.41) is 9.18. The van der Waals surface area contributed by atoms with Gasteiger partial charge in [-0.1, -0.05) is 6.07 Å². The summed E-state index contributed by atoms with van der Waals surface area (Å²) in [5.74, 6) is -0.950. The highest BCUT2D eigenvalue weighted by atomic mass is 16.7. The summed E-state index contributed by atoms with van der Waals surface area (Å²) in [6.45, 7) is 3.06. The number of benzene rings is 2. The SMILES string of the molecule is O=C(O)c1cccc(-c2nc3ccc(N4CCC5(CC4)OCCO5)cc3o2)c1. The molecule has 0 bridgehead atoms. The number of aromatic nitrogens is 1. The Morgan fingerprint density at radius 1 is 1.07 bits per heavy atom. The Balaban J connectivity index is 1.40. The van der Waals surface area contributed by atoms with Crippen LogP contribution in [0.1, 0.15) is 23.2 Å². The van der Waals surface area contributed by atoms with Crippen molar-refractivity contribution in [1.82, 2.24) is 4.98 Å². The van der Waals surface area contributed by atoms with Crippen LogP contribution < -0.4 is 4.90 Å². The number of piperidine rings is 1. The van der Waals surface area contributed by atoms with Crippen molar-refractivity contribution in [1.29, 1.82) is 0 Å². The summed E-state index contributed by atoms with van der Waals surface area (Å²) >= 11 is 0. The molecule has 2 aliphatic rings. The van der Waals surface area contributed by atoms with Gasteiger partial charge in [0.05, 0.1) is 18.8 Å². The molecule has 0 amide bonds. The van der Waals surface area contributed by atoms with Crippen LogP contribution in [0.5, 0.6) is 0 Å². The molecule has 3 aromatic rings. The van der Waals surface area contributed by atoms with Crippen molar-refractivity contribution in [3.05, 3.63) is 48.0 Å². The molecule has 3 heterocycles. The number of fused-ring (bicyclic) bond motifs is 1. The van der Waals surface area contributed by atoms with E-state index in [9.17, 15) is 9.90 Å². The maximum Gasteiger partial charge on any atom is 0.335 e. The molecule has 2 fully saturated rings. The van der Waals surface area contributed by atoms with Crippen LogP contribution in [0.15, 0.2) is 46.9 Å². The second-order valence-electron chi connectivity index (χ2n) is 7.15. The second-order valence-corrected chi connectivity index (χ2v) is 7.15. The topological polar surface area (TPSA) is 85.0 Å². The van der Waals surface area contributed by atoms with Crippen LogP contribution in [-0.2, 0) is 9.47 Å². The van der Waals surface area contributed by atoms with Gasteiger partial charge in [0.15, 0.2) is 11.4 Å². The minimum absolute atomic E-state index is 0.207. The smallest absolute Gasteiger partial charge is 0.335 e. The fourth-order valence-corrected chi connectivity index (χ4v) is 3.91. The molecule has 1 spiro atoms. The van der Waals surface area contributed by atoms with Crippen molar-refractivity contribution >= 4 is 22.8 Å². The van der Waals surface area contributed by atoms with E-state index >= 15 is 0 Å². The van der Waals surface area contributed by atoms with E-state index in [-0.39, 0.29) is 5.56 Å². The van der Waals surface area contributed by atoms with Gasteiger partial charge in [-0.2, -0.15) is 0 Å². The largest absolute Gasteiger partial charge is 0.478 e. The number of nitrogens with zero attached hydrogens (tertiary/aromatic N) is 2. The van der Waals surface area contributed by atoms with Crippen molar-refractivity contribution in [3.8, 4) is 11.5 Å². The minimum atomic E-state index is -0.974. The third-order valence-electron chi connectivity index (χ3n) is 5.43. The summed E-state index contributed by atoms with van der Waals surface area (Å²) in [7, 11) is 0. The highest BCUT2D eigenvalue weighted by Gasteiger charge is 2.39. The summed E-state index contributed by atoms with van der Waals surface area (Å²) in [4.78, 5) is 18.0. The lowest BCUT2D eigenvalue weighted by atomic mass is 10.0. The Bertz CT molecular complexity index is 1030. The van der Waals surface area contributed by atoms with E-state index in [4.69, 9.17) is 13.9 Å². The Hall–Kier alpha value is -2.90. The lowest BCUT2D eigenvalue weighted by molar-refractivity contribution is -0.169. The van der Waals surface area contributed by atoms with Crippen molar-refractivity contribution in [3.63, 3.8) is 0 Å². The van der Waals surface area contributed by atoms with Gasteiger partial charge < -0.3 is 23.9 Å². The van der Waals surface area contributed by atoms with Gasteiger partial charge >= 0.3 is 5.97 Å². The summed E-state index contributed by atoms with van der Waals surface area (Å²) in [6, 6.07) is 12.6. The highest BCUT2D eigenvalue weighted by Crippen LogP contribution is 2.34. The molecule has 2 aromatic carbocycles. The lowest BCUT2D eigenvalue weighted by Crippen LogP contribution is -2.45. The van der Waals surface area contributed by atoms with E-state index in [1.165, 1.54) is 0 Å². The van der Waals surface area contributed by atoms with E-state index < -0.39 is 11.8 Å². The lowest BCUT2D eigenvalue weighted by Gasteiger charge is -2.38. The first kappa shape index (κ1) is 17.2. The van der Waals surface area contributed by atoms with Gasteiger partial charge in [0.25, 0.3) is 0 Å². The van der Waals surface area contributed by atoms with Crippen LogP contribution in [0.25, 0.3) is 22.6 Å². The van der Waals surface area contributed by atoms with Crippen LogP contribution >= 0.6 is 0 Å². The van der Waals surface area contributed by atoms with Gasteiger partial charge in [-0.05, 0) is 30.3 Å². The summed E-state index contributed by atoms with van der Waals surface area (Å²) in [6.07, 6.45) is 1.68. The summed E-state index contributed by atoms with van der Waals surface area (Å²) in [5.41, 5.74) is 3.35. The number of anilines is 1. The van der Waals surface area contributed by atoms with Crippen LogP contribution in [0.2, 0.25) is 0 Å². The van der Waals surface area contributed by atoms with Crippen molar-refractivity contribution in [2.75, 3.05) is 31.2 Å². The average Bonchev–Trinajstić information content (AvgIpc) is 3.35. The van der Waals surface area contributed by atoms with Gasteiger partial charge in [0.1, 0.15) is 5.52 Å². The highest BCUT2D eigenvalue weighted by molar-refractivity contribution is 5.89. The van der Waals surface area contributed by atoms with E-state index in [0.29, 0.717) is 30.3 Å². The number of carboxylic acid groups (broad SMARTS) is 1. The zero-order valence-corrected chi connectivity index (χ0v) is 15.3. The minimum Gasteiger partial charge on any atom is -0.478 e. The van der Waals surface area contributed by atoms with E-state index in [1.54, 1.807) is 24.3 Å². The predicted octanol–water partition coefficient (Wildman–Crippen LogP) is 3.54. The fraction of sp³-hybridized carbons (Fsp3) is 0.333. The molecule has 0 atom stereocenters. The Labute approximate surface area is 161 Å². The van der Waals surface area contributed by atoms with Crippen LogP contribution in [0.4, 0.5) is 5.69 Å². The first-order valence-corrected chi connectivity index (χ1v) is 9.39. The van der Waals surface area contributed by atoms with Gasteiger partial charge in [-0.25, -0.2) is 9.78 Å². The molecule has 5 rings (SSSR count). The number of aromatic carboxylic acids is 1. The molecule has 0 aliphatic carbocycles. The van der Waals surface area contributed by atoms with Crippen molar-refractivity contribution in [2.24, 2.45) is 0 Å². The maximum atomic E-state index is 11.2. The van der Waals surface area contributed by atoms with E-state index in [2.05, 4.69) is 9.88 Å². The predicted molar refractivity (Wildman–Crippen MR) is 102 cm³/mol. The number of ether oxygens (including phenoxy) is 2. The number of rotatable bonds is 3. The van der Waals surface area contributed by atoms with Crippen LogP contribution in [0, 0.1) is 0 Å². The van der Waals surface area contributed by atoms with Crippen LogP contribution in [0.3, 0.4) is 0 Å². The van der Waals surface area contributed by atoms with E-state index in [1.807, 2.05) is 18.2 Å². The molecule has 0 radical (unpaired) electrons.